The van der Waals surface area contributed by atoms with Crippen LogP contribution in [0.4, 0.5) is 0 Å². The summed E-state index contributed by atoms with van der Waals surface area (Å²) in [5.74, 6) is 1.59. The van der Waals surface area contributed by atoms with Crippen LogP contribution < -0.4 is 0 Å². The van der Waals surface area contributed by atoms with E-state index in [1.807, 2.05) is 18.2 Å². The molecule has 1 saturated carbocycles. The molecule has 2 nitrogen and oxygen atoms in total. The average Bonchev–Trinajstić information content (AvgIpc) is 2.47. The van der Waals surface area contributed by atoms with Crippen LogP contribution in [0.5, 0.6) is 0 Å². The quantitative estimate of drug-likeness (QED) is 0.590. The first-order valence-corrected chi connectivity index (χ1v) is 7.27. The van der Waals surface area contributed by atoms with Crippen molar-refractivity contribution in [1.82, 2.24) is 4.90 Å². The van der Waals surface area contributed by atoms with Crippen LogP contribution in [0.3, 0.4) is 0 Å². The van der Waals surface area contributed by atoms with Gasteiger partial charge in [0.05, 0.1) is 0 Å². The lowest BCUT2D eigenvalue weighted by Crippen LogP contribution is -2.49. The van der Waals surface area contributed by atoms with Crippen LogP contribution in [-0.2, 0) is 0 Å². The van der Waals surface area contributed by atoms with E-state index in [1.54, 1.807) is 0 Å². The number of rotatable bonds is 1. The lowest BCUT2D eigenvalue weighted by atomic mass is 9.78. The summed E-state index contributed by atoms with van der Waals surface area (Å²) in [7, 11) is 0. The van der Waals surface area contributed by atoms with Crippen LogP contribution in [0.1, 0.15) is 44.1 Å². The summed E-state index contributed by atoms with van der Waals surface area (Å²) < 4.78 is 0. The van der Waals surface area contributed by atoms with E-state index in [4.69, 9.17) is 5.41 Å². The van der Waals surface area contributed by atoms with Gasteiger partial charge in [-0.25, -0.2) is 0 Å². The molecule has 0 bridgehead atoms. The fraction of sp³-hybridized carbons (Fsp3) is 0.562. The molecule has 1 aromatic carbocycles. The molecule has 1 N–H and O–H groups in total. The van der Waals surface area contributed by atoms with Gasteiger partial charge in [-0.05, 0) is 31.6 Å². The molecule has 1 aromatic rings. The van der Waals surface area contributed by atoms with Crippen LogP contribution in [0.15, 0.2) is 30.3 Å². The van der Waals surface area contributed by atoms with E-state index < -0.39 is 0 Å². The van der Waals surface area contributed by atoms with Gasteiger partial charge in [-0.2, -0.15) is 0 Å². The van der Waals surface area contributed by atoms with Crippen LogP contribution >= 0.6 is 0 Å². The van der Waals surface area contributed by atoms with Gasteiger partial charge in [0.15, 0.2) is 0 Å². The number of hydrogen-bond donors (Lipinski definition) is 1. The van der Waals surface area contributed by atoms with Gasteiger partial charge in [-0.3, -0.25) is 5.41 Å². The average molecular weight is 242 g/mol. The third kappa shape index (κ3) is 2.16. The van der Waals surface area contributed by atoms with Gasteiger partial charge in [0, 0.05) is 18.2 Å². The number of fused-ring (bicyclic) bond motifs is 1. The van der Waals surface area contributed by atoms with Gasteiger partial charge in [-0.15, -0.1) is 0 Å². The van der Waals surface area contributed by atoms with E-state index in [0.717, 1.165) is 23.9 Å². The number of nitrogens with one attached hydrogen (secondary N) is 1. The minimum Gasteiger partial charge on any atom is -0.353 e. The van der Waals surface area contributed by atoms with E-state index in [0.29, 0.717) is 6.04 Å². The van der Waals surface area contributed by atoms with Crippen molar-refractivity contribution < 1.29 is 0 Å². The van der Waals surface area contributed by atoms with Crippen molar-refractivity contribution in [2.24, 2.45) is 5.92 Å². The molecular formula is C16H22N2. The maximum atomic E-state index is 8.47. The molecule has 2 aliphatic rings. The van der Waals surface area contributed by atoms with E-state index in [1.165, 1.54) is 38.5 Å². The first kappa shape index (κ1) is 11.8. The second-order valence-electron chi connectivity index (χ2n) is 5.66. The summed E-state index contributed by atoms with van der Waals surface area (Å²) in [5.41, 5.74) is 1.07. The lowest BCUT2D eigenvalue weighted by Gasteiger charge is -2.45. The molecule has 2 atom stereocenters. The molecule has 0 aromatic heterocycles. The molecule has 2 fully saturated rings. The van der Waals surface area contributed by atoms with Crippen LogP contribution in [0.25, 0.3) is 0 Å². The Bertz CT molecular complexity index is 410. The molecule has 3 rings (SSSR count). The summed E-state index contributed by atoms with van der Waals surface area (Å²) in [6, 6.07) is 10.9. The number of nitrogens with zero attached hydrogens (tertiary/aromatic N) is 1. The molecule has 1 aliphatic carbocycles. The largest absolute Gasteiger partial charge is 0.353 e. The first-order chi connectivity index (χ1) is 8.86. The summed E-state index contributed by atoms with van der Waals surface area (Å²) in [4.78, 5) is 2.38. The van der Waals surface area contributed by atoms with Crippen molar-refractivity contribution in [3.05, 3.63) is 35.9 Å². The third-order valence-electron chi connectivity index (χ3n) is 4.58. The highest BCUT2D eigenvalue weighted by Gasteiger charge is 2.34. The van der Waals surface area contributed by atoms with E-state index in [2.05, 4.69) is 17.0 Å². The predicted molar refractivity (Wildman–Crippen MR) is 75.0 cm³/mol. The summed E-state index contributed by atoms with van der Waals surface area (Å²) in [6.45, 7) is 1.08. The standard InChI is InChI=1S/C16H22N2/c17-16(14-8-2-1-3-9-14)18-12-6-10-13-7-4-5-11-15(13)18/h1-3,8-9,13,15,17H,4-7,10-12H2/t13-,15-/m1/s1. The molecule has 96 valence electrons. The molecule has 0 radical (unpaired) electrons. The summed E-state index contributed by atoms with van der Waals surface area (Å²) in [6.07, 6.45) is 8.05. The maximum Gasteiger partial charge on any atom is 0.128 e. The van der Waals surface area contributed by atoms with Crippen molar-refractivity contribution in [2.75, 3.05) is 6.54 Å². The van der Waals surface area contributed by atoms with Crippen molar-refractivity contribution in [3.8, 4) is 0 Å². The number of hydrogen-bond acceptors (Lipinski definition) is 1. The van der Waals surface area contributed by atoms with Crippen LogP contribution in [0.2, 0.25) is 0 Å². The molecule has 1 saturated heterocycles. The fourth-order valence-corrected chi connectivity index (χ4v) is 3.66. The first-order valence-electron chi connectivity index (χ1n) is 7.27. The topological polar surface area (TPSA) is 27.1 Å². The summed E-state index contributed by atoms with van der Waals surface area (Å²) in [5, 5.41) is 8.47. The monoisotopic (exact) mass is 242 g/mol. The minimum absolute atomic E-state index is 0.639. The Hall–Kier alpha value is -1.31. The number of piperidine rings is 1. The Balaban J connectivity index is 1.80. The Labute approximate surface area is 110 Å². The summed E-state index contributed by atoms with van der Waals surface area (Å²) >= 11 is 0. The van der Waals surface area contributed by atoms with E-state index in [9.17, 15) is 0 Å². The molecule has 1 heterocycles. The third-order valence-corrected chi connectivity index (χ3v) is 4.58. The van der Waals surface area contributed by atoms with E-state index in [-0.39, 0.29) is 0 Å². The Kier molecular flexibility index (Phi) is 3.35. The number of likely N-dealkylation sites (tertiary alicyclic amines) is 1. The molecule has 18 heavy (non-hydrogen) atoms. The zero-order chi connectivity index (χ0) is 12.4. The van der Waals surface area contributed by atoms with Gasteiger partial charge in [0.1, 0.15) is 5.84 Å². The molecular weight excluding hydrogens is 220 g/mol. The SMILES string of the molecule is N=C(c1ccccc1)N1CCC[C@H]2CCCC[C@H]21. The maximum absolute atomic E-state index is 8.47. The predicted octanol–water partition coefficient (Wildman–Crippen LogP) is 3.67. The second kappa shape index (κ2) is 5.13. The molecule has 1 aliphatic heterocycles. The van der Waals surface area contributed by atoms with Crippen molar-refractivity contribution >= 4 is 5.84 Å². The lowest BCUT2D eigenvalue weighted by molar-refractivity contribution is 0.119. The van der Waals surface area contributed by atoms with Gasteiger partial charge in [-0.1, -0.05) is 43.2 Å². The molecule has 0 amide bonds. The van der Waals surface area contributed by atoms with E-state index >= 15 is 0 Å². The Morgan fingerprint density at radius 1 is 1.00 bits per heavy atom. The number of benzene rings is 1. The molecule has 0 unspecified atom stereocenters. The zero-order valence-electron chi connectivity index (χ0n) is 10.9. The molecule has 2 heteroatoms. The van der Waals surface area contributed by atoms with Gasteiger partial charge >= 0.3 is 0 Å². The Morgan fingerprint density at radius 2 is 1.72 bits per heavy atom. The van der Waals surface area contributed by atoms with Gasteiger partial charge < -0.3 is 4.90 Å². The highest BCUT2D eigenvalue weighted by Crippen LogP contribution is 2.35. The van der Waals surface area contributed by atoms with Gasteiger partial charge in [0.2, 0.25) is 0 Å². The van der Waals surface area contributed by atoms with Crippen molar-refractivity contribution in [1.29, 1.82) is 5.41 Å². The Morgan fingerprint density at radius 3 is 2.56 bits per heavy atom. The van der Waals surface area contributed by atoms with Gasteiger partial charge in [0.25, 0.3) is 0 Å². The highest BCUT2D eigenvalue weighted by atomic mass is 15.2. The zero-order valence-corrected chi connectivity index (χ0v) is 10.9. The number of amidine groups is 1. The van der Waals surface area contributed by atoms with Crippen LogP contribution in [-0.4, -0.2) is 23.3 Å². The minimum atomic E-state index is 0.639. The fourth-order valence-electron chi connectivity index (χ4n) is 3.66. The second-order valence-corrected chi connectivity index (χ2v) is 5.66. The molecule has 0 spiro atoms. The smallest absolute Gasteiger partial charge is 0.128 e. The van der Waals surface area contributed by atoms with Crippen molar-refractivity contribution in [3.63, 3.8) is 0 Å². The van der Waals surface area contributed by atoms with Crippen LogP contribution in [0, 0.1) is 11.3 Å². The van der Waals surface area contributed by atoms with Crippen molar-refractivity contribution in [2.45, 2.75) is 44.6 Å². The normalized spacial score (nSPS) is 27.7. The highest BCUT2D eigenvalue weighted by molar-refractivity contribution is 5.96.